The van der Waals surface area contributed by atoms with Crippen molar-refractivity contribution in [3.63, 3.8) is 0 Å². The third kappa shape index (κ3) is 3.41. The van der Waals surface area contributed by atoms with Gasteiger partial charge in [0, 0.05) is 17.6 Å². The van der Waals surface area contributed by atoms with Crippen LogP contribution in [0.5, 0.6) is 11.5 Å². The Bertz CT molecular complexity index is 1180. The van der Waals surface area contributed by atoms with Crippen molar-refractivity contribution >= 4 is 32.6 Å². The van der Waals surface area contributed by atoms with E-state index < -0.39 is 21.8 Å². The number of anilines is 1. The Morgan fingerprint density at radius 2 is 1.93 bits per heavy atom. The molecule has 0 saturated carbocycles. The van der Waals surface area contributed by atoms with Crippen molar-refractivity contribution in [1.29, 1.82) is 0 Å². The number of carbonyl (C=O) groups is 1. The molecule has 0 fully saturated rings. The summed E-state index contributed by atoms with van der Waals surface area (Å²) in [5.41, 5.74) is -0.771. The van der Waals surface area contributed by atoms with E-state index in [1.54, 1.807) is 0 Å². The molecule has 28 heavy (non-hydrogen) atoms. The summed E-state index contributed by atoms with van der Waals surface area (Å²) in [5.74, 6) is -1.94. The summed E-state index contributed by atoms with van der Waals surface area (Å²) >= 11 is 0. The molecule has 2 aromatic carbocycles. The number of aromatic nitrogens is 1. The van der Waals surface area contributed by atoms with E-state index in [2.05, 4.69) is 9.71 Å². The number of nitrogens with one attached hydrogen (secondary N) is 1. The molecule has 0 unspecified atom stereocenters. The predicted molar refractivity (Wildman–Crippen MR) is 99.0 cm³/mol. The number of hydrogen-bond acceptors (Lipinski definition) is 6. The first-order valence-corrected chi connectivity index (χ1v) is 9.32. The fraction of sp³-hybridized carbons (Fsp3) is 0.111. The van der Waals surface area contributed by atoms with Crippen molar-refractivity contribution in [2.75, 3.05) is 18.9 Å². The zero-order chi connectivity index (χ0) is 20.5. The van der Waals surface area contributed by atoms with E-state index in [1.165, 1.54) is 38.6 Å². The van der Waals surface area contributed by atoms with Gasteiger partial charge in [-0.05, 0) is 30.3 Å². The first-order chi connectivity index (χ1) is 13.3. The Hall–Kier alpha value is -3.40. The van der Waals surface area contributed by atoms with Gasteiger partial charge in [0.25, 0.3) is 10.0 Å². The summed E-state index contributed by atoms with van der Waals surface area (Å²) in [4.78, 5) is 15.2. The number of sulfonamides is 1. The Balaban J connectivity index is 2.19. The van der Waals surface area contributed by atoms with Crippen LogP contribution in [0.2, 0.25) is 0 Å². The molecule has 0 bridgehead atoms. The van der Waals surface area contributed by atoms with Gasteiger partial charge < -0.3 is 14.6 Å². The maximum Gasteiger partial charge on any atom is 0.338 e. The SMILES string of the molecule is COc1cc(OC)c(NS(=O)(=O)c2ccc(F)c3ncccc23)c(C(=O)O)c1. The standard InChI is InChI=1S/C18H15FN2O6S/c1-26-10-8-12(18(22)23)17(14(9-10)27-2)21-28(24,25)15-6-5-13(19)16-11(15)4-3-7-20-16/h3-9,21H,1-2H3,(H,22,23). The molecule has 0 atom stereocenters. The number of methoxy groups -OCH3 is 2. The molecule has 0 aliphatic rings. The molecule has 8 nitrogen and oxygen atoms in total. The van der Waals surface area contributed by atoms with Crippen LogP contribution < -0.4 is 14.2 Å². The van der Waals surface area contributed by atoms with Crippen molar-refractivity contribution in [3.8, 4) is 11.5 Å². The third-order valence-electron chi connectivity index (χ3n) is 3.97. The highest BCUT2D eigenvalue weighted by molar-refractivity contribution is 7.93. The van der Waals surface area contributed by atoms with Gasteiger partial charge >= 0.3 is 5.97 Å². The van der Waals surface area contributed by atoms with E-state index >= 15 is 0 Å². The maximum absolute atomic E-state index is 14.0. The van der Waals surface area contributed by atoms with Gasteiger partial charge in [0.15, 0.2) is 0 Å². The van der Waals surface area contributed by atoms with Crippen molar-refractivity contribution in [3.05, 3.63) is 54.0 Å². The lowest BCUT2D eigenvalue weighted by Gasteiger charge is -2.16. The second-order valence-electron chi connectivity index (χ2n) is 5.61. The summed E-state index contributed by atoms with van der Waals surface area (Å²) in [5, 5.41) is 9.53. The van der Waals surface area contributed by atoms with Crippen molar-refractivity contribution in [1.82, 2.24) is 4.98 Å². The number of carboxylic acids is 1. The van der Waals surface area contributed by atoms with Crippen LogP contribution >= 0.6 is 0 Å². The van der Waals surface area contributed by atoms with E-state index in [-0.39, 0.29) is 38.5 Å². The summed E-state index contributed by atoms with van der Waals surface area (Å²) in [6.45, 7) is 0. The van der Waals surface area contributed by atoms with Crippen LogP contribution in [0, 0.1) is 5.82 Å². The van der Waals surface area contributed by atoms with Gasteiger partial charge in [-0.2, -0.15) is 0 Å². The molecule has 0 amide bonds. The van der Waals surface area contributed by atoms with Gasteiger partial charge in [0.1, 0.15) is 28.5 Å². The topological polar surface area (TPSA) is 115 Å². The van der Waals surface area contributed by atoms with Crippen LogP contribution in [0.25, 0.3) is 10.9 Å². The zero-order valence-corrected chi connectivity index (χ0v) is 15.6. The third-order valence-corrected chi connectivity index (χ3v) is 5.38. The van der Waals surface area contributed by atoms with Crippen molar-refractivity contribution < 1.29 is 32.2 Å². The number of fused-ring (bicyclic) bond motifs is 1. The molecular formula is C18H15FN2O6S. The lowest BCUT2D eigenvalue weighted by molar-refractivity contribution is 0.0697. The quantitative estimate of drug-likeness (QED) is 0.647. The fourth-order valence-corrected chi connectivity index (χ4v) is 3.97. The van der Waals surface area contributed by atoms with E-state index in [9.17, 15) is 22.7 Å². The normalized spacial score (nSPS) is 11.2. The van der Waals surface area contributed by atoms with E-state index in [0.717, 1.165) is 18.2 Å². The average Bonchev–Trinajstić information content (AvgIpc) is 2.67. The average molecular weight is 406 g/mol. The molecule has 0 radical (unpaired) electrons. The maximum atomic E-state index is 14.0. The van der Waals surface area contributed by atoms with Crippen molar-refractivity contribution in [2.24, 2.45) is 0 Å². The van der Waals surface area contributed by atoms with Crippen LogP contribution in [0.3, 0.4) is 0 Å². The number of rotatable bonds is 6. The zero-order valence-electron chi connectivity index (χ0n) is 14.8. The first kappa shape index (κ1) is 19.4. The van der Waals surface area contributed by atoms with Gasteiger partial charge in [-0.3, -0.25) is 9.71 Å². The summed E-state index contributed by atoms with van der Waals surface area (Å²) in [7, 11) is -1.71. The molecule has 0 aliphatic carbocycles. The molecule has 1 heterocycles. The smallest absolute Gasteiger partial charge is 0.338 e. The summed E-state index contributed by atoms with van der Waals surface area (Å²) in [6, 6.07) is 7.44. The Labute approximate surface area is 159 Å². The van der Waals surface area contributed by atoms with Crippen LogP contribution in [-0.4, -0.2) is 38.7 Å². The number of pyridine rings is 1. The van der Waals surface area contributed by atoms with Crippen LogP contribution in [0.4, 0.5) is 10.1 Å². The number of halogens is 1. The Morgan fingerprint density at radius 1 is 1.18 bits per heavy atom. The van der Waals surface area contributed by atoms with E-state index in [1.807, 2.05) is 0 Å². The highest BCUT2D eigenvalue weighted by Crippen LogP contribution is 2.36. The van der Waals surface area contributed by atoms with Gasteiger partial charge in [-0.1, -0.05) is 0 Å². The molecular weight excluding hydrogens is 391 g/mol. The second kappa shape index (κ2) is 7.31. The largest absolute Gasteiger partial charge is 0.497 e. The van der Waals surface area contributed by atoms with Crippen LogP contribution in [-0.2, 0) is 10.0 Å². The molecule has 0 saturated heterocycles. The predicted octanol–water partition coefficient (Wildman–Crippen LogP) is 2.89. The van der Waals surface area contributed by atoms with Crippen molar-refractivity contribution in [2.45, 2.75) is 4.90 Å². The molecule has 0 spiro atoms. The van der Waals surface area contributed by atoms with Gasteiger partial charge in [-0.15, -0.1) is 0 Å². The van der Waals surface area contributed by atoms with Gasteiger partial charge in [0.2, 0.25) is 0 Å². The minimum atomic E-state index is -4.31. The molecule has 146 valence electrons. The number of ether oxygens (including phenoxy) is 2. The minimum Gasteiger partial charge on any atom is -0.497 e. The molecule has 3 aromatic rings. The number of nitrogens with zero attached hydrogens (tertiary/aromatic N) is 1. The number of benzene rings is 2. The Morgan fingerprint density at radius 3 is 2.57 bits per heavy atom. The van der Waals surface area contributed by atoms with E-state index in [0.29, 0.717) is 0 Å². The summed E-state index contributed by atoms with van der Waals surface area (Å²) < 4.78 is 52.3. The number of aromatic carboxylic acids is 1. The molecule has 1 aromatic heterocycles. The Kier molecular flexibility index (Phi) is 5.06. The van der Waals surface area contributed by atoms with Crippen LogP contribution in [0.1, 0.15) is 10.4 Å². The molecule has 10 heteroatoms. The molecule has 0 aliphatic heterocycles. The van der Waals surface area contributed by atoms with Gasteiger partial charge in [-0.25, -0.2) is 17.6 Å². The minimum absolute atomic E-state index is 0.0510. The molecule has 3 rings (SSSR count). The van der Waals surface area contributed by atoms with Gasteiger partial charge in [0.05, 0.1) is 24.7 Å². The lowest BCUT2D eigenvalue weighted by atomic mass is 10.1. The second-order valence-corrected chi connectivity index (χ2v) is 7.26. The lowest BCUT2D eigenvalue weighted by Crippen LogP contribution is -2.17. The highest BCUT2D eigenvalue weighted by Gasteiger charge is 2.25. The van der Waals surface area contributed by atoms with E-state index in [4.69, 9.17) is 9.47 Å². The monoisotopic (exact) mass is 406 g/mol. The highest BCUT2D eigenvalue weighted by atomic mass is 32.2. The summed E-state index contributed by atoms with van der Waals surface area (Å²) in [6.07, 6.45) is 1.34. The fourth-order valence-electron chi connectivity index (χ4n) is 2.68. The molecule has 2 N–H and O–H groups in total. The number of hydrogen-bond donors (Lipinski definition) is 2. The first-order valence-electron chi connectivity index (χ1n) is 7.84. The van der Waals surface area contributed by atoms with Crippen LogP contribution in [0.15, 0.2) is 47.5 Å². The number of carboxylic acid groups (broad SMARTS) is 1.